The van der Waals surface area contributed by atoms with Crippen LogP contribution in [0.25, 0.3) is 10.4 Å². The lowest BCUT2D eigenvalue weighted by Crippen LogP contribution is -2.49. The minimum absolute atomic E-state index is 0. The number of benzene rings is 1. The summed E-state index contributed by atoms with van der Waals surface area (Å²) in [6.07, 6.45) is -2.78. The summed E-state index contributed by atoms with van der Waals surface area (Å²) in [4.78, 5) is 19.1. The first-order valence-electron chi connectivity index (χ1n) is 9.17. The standard InChI is InChI=1S/C19H20F3N3O2S.ClH/c20-19(21,22)15-3-1-2-13(8-15)16-17(23-11-28-16)24-18(26)27-10-14-9-25-6-4-12(14)5-7-25;/h1-3,8,11-12,14H,4-7,9-10H2,(H,24,26);1H. The number of rotatable bonds is 4. The van der Waals surface area contributed by atoms with Gasteiger partial charge in [0.25, 0.3) is 0 Å². The molecule has 10 heteroatoms. The molecule has 5 nitrogen and oxygen atoms in total. The van der Waals surface area contributed by atoms with Gasteiger partial charge < -0.3 is 9.64 Å². The van der Waals surface area contributed by atoms with Gasteiger partial charge in [-0.3, -0.25) is 5.32 Å². The van der Waals surface area contributed by atoms with Crippen LogP contribution in [0.3, 0.4) is 0 Å². The molecule has 0 radical (unpaired) electrons. The van der Waals surface area contributed by atoms with Gasteiger partial charge in [0.1, 0.15) is 0 Å². The number of carbonyl (C=O) groups excluding carboxylic acids is 1. The van der Waals surface area contributed by atoms with Crippen LogP contribution in [0.15, 0.2) is 29.8 Å². The van der Waals surface area contributed by atoms with Crippen molar-refractivity contribution in [2.24, 2.45) is 11.8 Å². The number of piperidine rings is 3. The zero-order valence-corrected chi connectivity index (χ0v) is 17.1. The van der Waals surface area contributed by atoms with E-state index in [1.165, 1.54) is 11.6 Å². The first kappa shape index (κ1) is 21.9. The van der Waals surface area contributed by atoms with E-state index < -0.39 is 17.8 Å². The third-order valence-corrected chi connectivity index (χ3v) is 6.34. The smallest absolute Gasteiger partial charge is 0.416 e. The largest absolute Gasteiger partial charge is 0.449 e. The Morgan fingerprint density at radius 3 is 2.72 bits per heavy atom. The normalized spacial score (nSPS) is 23.3. The quantitative estimate of drug-likeness (QED) is 0.705. The molecular formula is C19H21ClF3N3O2S. The van der Waals surface area contributed by atoms with Gasteiger partial charge in [-0.05, 0) is 49.5 Å². The van der Waals surface area contributed by atoms with Crippen LogP contribution in [-0.2, 0) is 10.9 Å². The Balaban J connectivity index is 0.00000240. The van der Waals surface area contributed by atoms with E-state index in [-0.39, 0.29) is 18.2 Å². The first-order valence-corrected chi connectivity index (χ1v) is 10.1. The molecule has 29 heavy (non-hydrogen) atoms. The fourth-order valence-corrected chi connectivity index (χ4v) is 4.71. The molecule has 1 amide bonds. The number of thiazole rings is 1. The Kier molecular flexibility index (Phi) is 6.70. The number of ether oxygens (including phenoxy) is 1. The predicted molar refractivity (Wildman–Crippen MR) is 107 cm³/mol. The van der Waals surface area contributed by atoms with E-state index in [1.54, 1.807) is 6.07 Å². The SMILES string of the molecule is Cl.O=C(Nc1ncsc1-c1cccc(C(F)(F)F)c1)OCC1CN2CCC1CC2. The summed E-state index contributed by atoms with van der Waals surface area (Å²) < 4.78 is 44.3. The Hall–Kier alpha value is -1.84. The molecule has 158 valence electrons. The third kappa shape index (κ3) is 5.02. The van der Waals surface area contributed by atoms with E-state index in [2.05, 4.69) is 15.2 Å². The van der Waals surface area contributed by atoms with Gasteiger partial charge in [-0.2, -0.15) is 13.2 Å². The molecule has 3 saturated heterocycles. The molecule has 1 aromatic heterocycles. The number of anilines is 1. The van der Waals surface area contributed by atoms with E-state index in [0.29, 0.717) is 28.9 Å². The molecule has 2 aromatic rings. The zero-order valence-electron chi connectivity index (χ0n) is 15.4. The van der Waals surface area contributed by atoms with Gasteiger partial charge in [0.05, 0.1) is 22.6 Å². The maximum absolute atomic E-state index is 13.0. The van der Waals surface area contributed by atoms with Crippen LogP contribution < -0.4 is 5.32 Å². The summed E-state index contributed by atoms with van der Waals surface area (Å²) in [6.45, 7) is 3.53. The lowest BCUT2D eigenvalue weighted by Gasteiger charge is -2.44. The molecule has 0 saturated carbocycles. The van der Waals surface area contributed by atoms with Crippen LogP contribution >= 0.6 is 23.7 Å². The molecule has 5 rings (SSSR count). The van der Waals surface area contributed by atoms with Crippen LogP contribution in [-0.4, -0.2) is 42.2 Å². The number of amides is 1. The number of fused-ring (bicyclic) bond motifs is 3. The lowest BCUT2D eigenvalue weighted by molar-refractivity contribution is -0.137. The summed E-state index contributed by atoms with van der Waals surface area (Å²) in [5.41, 5.74) is 1.10. The minimum Gasteiger partial charge on any atom is -0.449 e. The van der Waals surface area contributed by atoms with Crippen molar-refractivity contribution in [2.45, 2.75) is 19.0 Å². The molecule has 2 bridgehead atoms. The van der Waals surface area contributed by atoms with Crippen LogP contribution in [0.1, 0.15) is 18.4 Å². The van der Waals surface area contributed by atoms with Gasteiger partial charge >= 0.3 is 12.3 Å². The third-order valence-electron chi connectivity index (χ3n) is 5.46. The number of hydrogen-bond donors (Lipinski definition) is 1. The fraction of sp³-hybridized carbons (Fsp3) is 0.474. The van der Waals surface area contributed by atoms with E-state index in [9.17, 15) is 18.0 Å². The van der Waals surface area contributed by atoms with E-state index >= 15 is 0 Å². The molecule has 1 aromatic carbocycles. The van der Waals surface area contributed by atoms with E-state index in [1.807, 2.05) is 0 Å². The van der Waals surface area contributed by atoms with Gasteiger partial charge in [0, 0.05) is 12.5 Å². The minimum atomic E-state index is -4.43. The summed E-state index contributed by atoms with van der Waals surface area (Å²) in [5.74, 6) is 1.15. The number of alkyl halides is 3. The number of nitrogens with one attached hydrogen (secondary N) is 1. The first-order chi connectivity index (χ1) is 13.4. The summed E-state index contributed by atoms with van der Waals surface area (Å²) in [6, 6.07) is 4.97. The highest BCUT2D eigenvalue weighted by Crippen LogP contribution is 2.36. The maximum atomic E-state index is 13.0. The average molecular weight is 448 g/mol. The second kappa shape index (κ2) is 8.89. The van der Waals surface area contributed by atoms with Crippen LogP contribution in [0, 0.1) is 11.8 Å². The Morgan fingerprint density at radius 1 is 1.31 bits per heavy atom. The summed E-state index contributed by atoms with van der Waals surface area (Å²) >= 11 is 1.16. The monoisotopic (exact) mass is 447 g/mol. The van der Waals surface area contributed by atoms with Crippen molar-refractivity contribution in [3.63, 3.8) is 0 Å². The van der Waals surface area contributed by atoms with Gasteiger partial charge in [-0.1, -0.05) is 12.1 Å². The van der Waals surface area contributed by atoms with Crippen LogP contribution in [0.5, 0.6) is 0 Å². The highest BCUT2D eigenvalue weighted by atomic mass is 35.5. The fourth-order valence-electron chi connectivity index (χ4n) is 3.97. The summed E-state index contributed by atoms with van der Waals surface area (Å²) in [5, 5.41) is 2.57. The van der Waals surface area contributed by atoms with Crippen molar-refractivity contribution in [3.8, 4) is 10.4 Å². The summed E-state index contributed by atoms with van der Waals surface area (Å²) in [7, 11) is 0. The molecule has 0 aliphatic carbocycles. The highest BCUT2D eigenvalue weighted by molar-refractivity contribution is 7.13. The lowest BCUT2D eigenvalue weighted by atomic mass is 9.79. The van der Waals surface area contributed by atoms with Crippen molar-refractivity contribution in [3.05, 3.63) is 35.3 Å². The van der Waals surface area contributed by atoms with Gasteiger partial charge in [-0.25, -0.2) is 9.78 Å². The van der Waals surface area contributed by atoms with Gasteiger partial charge in [0.15, 0.2) is 5.82 Å². The molecule has 3 fully saturated rings. The topological polar surface area (TPSA) is 54.5 Å². The second-order valence-corrected chi connectivity index (χ2v) is 8.09. The van der Waals surface area contributed by atoms with Crippen LogP contribution in [0.2, 0.25) is 0 Å². The van der Waals surface area contributed by atoms with Crippen molar-refractivity contribution < 1.29 is 22.7 Å². The molecule has 4 heterocycles. The highest BCUT2D eigenvalue weighted by Gasteiger charge is 2.35. The molecule has 1 unspecified atom stereocenters. The molecular weight excluding hydrogens is 427 g/mol. The van der Waals surface area contributed by atoms with Crippen molar-refractivity contribution in [2.75, 3.05) is 31.6 Å². The Labute approximate surface area is 176 Å². The number of nitrogens with zero attached hydrogens (tertiary/aromatic N) is 2. The molecule has 3 aliphatic heterocycles. The van der Waals surface area contributed by atoms with Gasteiger partial charge in [-0.15, -0.1) is 23.7 Å². The zero-order chi connectivity index (χ0) is 19.7. The maximum Gasteiger partial charge on any atom is 0.416 e. The molecule has 1 atom stereocenters. The number of carbonyl (C=O) groups is 1. The number of halogens is 4. The number of hydrogen-bond acceptors (Lipinski definition) is 5. The molecule has 0 spiro atoms. The van der Waals surface area contributed by atoms with E-state index in [0.717, 1.165) is 55.9 Å². The van der Waals surface area contributed by atoms with Crippen molar-refractivity contribution in [1.82, 2.24) is 9.88 Å². The molecule has 1 N–H and O–H groups in total. The van der Waals surface area contributed by atoms with Gasteiger partial charge in [0.2, 0.25) is 0 Å². The second-order valence-electron chi connectivity index (χ2n) is 7.23. The average Bonchev–Trinajstić information content (AvgIpc) is 3.15. The number of aromatic nitrogens is 1. The van der Waals surface area contributed by atoms with Crippen LogP contribution in [0.4, 0.5) is 23.8 Å². The van der Waals surface area contributed by atoms with Crippen molar-refractivity contribution in [1.29, 1.82) is 0 Å². The Morgan fingerprint density at radius 2 is 2.07 bits per heavy atom. The Bertz CT molecular complexity index is 853. The van der Waals surface area contributed by atoms with Crippen molar-refractivity contribution >= 4 is 35.7 Å². The van der Waals surface area contributed by atoms with E-state index in [4.69, 9.17) is 4.74 Å². The molecule has 3 aliphatic rings. The predicted octanol–water partition coefficient (Wildman–Crippen LogP) is 5.14.